The zero-order valence-corrected chi connectivity index (χ0v) is 11.2. The average molecular weight is 272 g/mol. The van der Waals surface area contributed by atoms with E-state index in [1.807, 2.05) is 10.8 Å². The molecule has 0 spiro atoms. The Morgan fingerprint density at radius 1 is 1.39 bits per heavy atom. The SMILES string of the molecule is O=S(=O)(CC1CCNCC1)NCCn1ccnc1. The number of sulfonamides is 1. The van der Waals surface area contributed by atoms with Crippen molar-refractivity contribution in [2.24, 2.45) is 5.92 Å². The normalized spacial score (nSPS) is 18.0. The van der Waals surface area contributed by atoms with E-state index in [0.717, 1.165) is 25.9 Å². The summed E-state index contributed by atoms with van der Waals surface area (Å²) >= 11 is 0. The summed E-state index contributed by atoms with van der Waals surface area (Å²) in [7, 11) is -3.15. The second-order valence-corrected chi connectivity index (χ2v) is 6.52. The van der Waals surface area contributed by atoms with Crippen LogP contribution in [-0.4, -0.2) is 43.4 Å². The molecule has 18 heavy (non-hydrogen) atoms. The van der Waals surface area contributed by atoms with Crippen LogP contribution in [0.25, 0.3) is 0 Å². The van der Waals surface area contributed by atoms with Gasteiger partial charge in [-0.25, -0.2) is 18.1 Å². The van der Waals surface area contributed by atoms with Crippen molar-refractivity contribution in [3.05, 3.63) is 18.7 Å². The Kier molecular flexibility index (Phi) is 4.73. The van der Waals surface area contributed by atoms with Gasteiger partial charge < -0.3 is 9.88 Å². The monoisotopic (exact) mass is 272 g/mol. The molecule has 0 radical (unpaired) electrons. The predicted octanol–water partition coefficient (Wildman–Crippen LogP) is -0.198. The Hall–Kier alpha value is -0.920. The highest BCUT2D eigenvalue weighted by molar-refractivity contribution is 7.89. The van der Waals surface area contributed by atoms with Gasteiger partial charge in [0.1, 0.15) is 0 Å². The Labute approximate surface area is 108 Å². The third-order valence-electron chi connectivity index (χ3n) is 3.17. The van der Waals surface area contributed by atoms with Gasteiger partial charge in [-0.1, -0.05) is 0 Å². The number of nitrogens with zero attached hydrogens (tertiary/aromatic N) is 2. The Morgan fingerprint density at radius 2 is 2.17 bits per heavy atom. The molecule has 0 aliphatic carbocycles. The highest BCUT2D eigenvalue weighted by Crippen LogP contribution is 2.13. The fourth-order valence-corrected chi connectivity index (χ4v) is 3.64. The summed E-state index contributed by atoms with van der Waals surface area (Å²) in [5.74, 6) is 0.538. The topological polar surface area (TPSA) is 76.0 Å². The number of piperidine rings is 1. The zero-order valence-electron chi connectivity index (χ0n) is 10.4. The first-order valence-corrected chi connectivity index (χ1v) is 7.95. The number of aromatic nitrogens is 2. The van der Waals surface area contributed by atoms with Crippen LogP contribution in [0.1, 0.15) is 12.8 Å². The highest BCUT2D eigenvalue weighted by Gasteiger charge is 2.20. The fourth-order valence-electron chi connectivity index (χ4n) is 2.17. The van der Waals surface area contributed by atoms with Gasteiger partial charge in [-0.2, -0.15) is 0 Å². The van der Waals surface area contributed by atoms with Gasteiger partial charge >= 0.3 is 0 Å². The van der Waals surface area contributed by atoms with Crippen molar-refractivity contribution < 1.29 is 8.42 Å². The van der Waals surface area contributed by atoms with Crippen LogP contribution in [0.15, 0.2) is 18.7 Å². The van der Waals surface area contributed by atoms with Gasteiger partial charge in [-0.15, -0.1) is 0 Å². The molecule has 7 heteroatoms. The molecule has 6 nitrogen and oxygen atoms in total. The lowest BCUT2D eigenvalue weighted by atomic mass is 10.0. The summed E-state index contributed by atoms with van der Waals surface area (Å²) in [5, 5.41) is 3.24. The van der Waals surface area contributed by atoms with E-state index in [2.05, 4.69) is 15.0 Å². The number of rotatable bonds is 6. The standard InChI is InChI=1S/C11H20N4O2S/c16-18(17,9-11-1-3-12-4-2-11)14-6-8-15-7-5-13-10-15/h5,7,10-12,14H,1-4,6,8-9H2. The number of nitrogens with one attached hydrogen (secondary N) is 2. The average Bonchev–Trinajstić information content (AvgIpc) is 2.82. The van der Waals surface area contributed by atoms with Gasteiger partial charge in [0, 0.05) is 25.5 Å². The fraction of sp³-hybridized carbons (Fsp3) is 0.727. The number of imidazole rings is 1. The first-order valence-electron chi connectivity index (χ1n) is 6.29. The summed E-state index contributed by atoms with van der Waals surface area (Å²) in [5.41, 5.74) is 0. The van der Waals surface area contributed by atoms with Crippen molar-refractivity contribution in [1.82, 2.24) is 19.6 Å². The quantitative estimate of drug-likeness (QED) is 0.752. The molecule has 2 rings (SSSR count). The predicted molar refractivity (Wildman–Crippen MR) is 69.6 cm³/mol. The molecule has 0 atom stereocenters. The van der Waals surface area contributed by atoms with Gasteiger partial charge in [0.2, 0.25) is 10.0 Å². The van der Waals surface area contributed by atoms with Gasteiger partial charge in [0.05, 0.1) is 12.1 Å². The minimum Gasteiger partial charge on any atom is -0.336 e. The van der Waals surface area contributed by atoms with E-state index in [1.165, 1.54) is 0 Å². The molecular weight excluding hydrogens is 252 g/mol. The maximum absolute atomic E-state index is 11.9. The van der Waals surface area contributed by atoms with E-state index < -0.39 is 10.0 Å². The van der Waals surface area contributed by atoms with E-state index in [-0.39, 0.29) is 11.7 Å². The number of hydrogen-bond acceptors (Lipinski definition) is 4. The van der Waals surface area contributed by atoms with Crippen LogP contribution in [0.3, 0.4) is 0 Å². The maximum atomic E-state index is 11.9. The van der Waals surface area contributed by atoms with E-state index in [9.17, 15) is 8.42 Å². The van der Waals surface area contributed by atoms with Gasteiger partial charge in [0.15, 0.2) is 0 Å². The molecule has 1 aliphatic heterocycles. The molecule has 0 amide bonds. The second kappa shape index (κ2) is 6.31. The minimum absolute atomic E-state index is 0.249. The molecular formula is C11H20N4O2S. The molecule has 0 bridgehead atoms. The summed E-state index contributed by atoms with van der Waals surface area (Å²) in [4.78, 5) is 3.91. The molecule has 0 saturated carbocycles. The first-order chi connectivity index (χ1) is 8.66. The van der Waals surface area contributed by atoms with Crippen molar-refractivity contribution in [2.45, 2.75) is 19.4 Å². The Balaban J connectivity index is 1.73. The lowest BCUT2D eigenvalue weighted by Crippen LogP contribution is -2.36. The van der Waals surface area contributed by atoms with Crippen molar-refractivity contribution in [3.63, 3.8) is 0 Å². The van der Waals surface area contributed by atoms with E-state index in [0.29, 0.717) is 13.1 Å². The Bertz CT molecular complexity index is 438. The van der Waals surface area contributed by atoms with Gasteiger partial charge in [-0.05, 0) is 31.8 Å². The molecule has 1 saturated heterocycles. The molecule has 0 aromatic carbocycles. The summed E-state index contributed by atoms with van der Waals surface area (Å²) in [6.45, 7) is 2.89. The third-order valence-corrected chi connectivity index (χ3v) is 4.72. The van der Waals surface area contributed by atoms with E-state index in [4.69, 9.17) is 0 Å². The molecule has 1 aliphatic rings. The van der Waals surface area contributed by atoms with Crippen LogP contribution in [-0.2, 0) is 16.6 Å². The largest absolute Gasteiger partial charge is 0.336 e. The van der Waals surface area contributed by atoms with Crippen LogP contribution in [0.4, 0.5) is 0 Å². The van der Waals surface area contributed by atoms with Crippen LogP contribution >= 0.6 is 0 Å². The second-order valence-electron chi connectivity index (χ2n) is 4.67. The summed E-state index contributed by atoms with van der Waals surface area (Å²) < 4.78 is 28.2. The van der Waals surface area contributed by atoms with Gasteiger partial charge in [0.25, 0.3) is 0 Å². The Morgan fingerprint density at radius 3 is 2.83 bits per heavy atom. The molecule has 1 fully saturated rings. The molecule has 2 N–H and O–H groups in total. The van der Waals surface area contributed by atoms with Crippen molar-refractivity contribution in [3.8, 4) is 0 Å². The van der Waals surface area contributed by atoms with Crippen molar-refractivity contribution >= 4 is 10.0 Å². The van der Waals surface area contributed by atoms with Crippen LogP contribution in [0, 0.1) is 5.92 Å². The van der Waals surface area contributed by atoms with Crippen molar-refractivity contribution in [1.29, 1.82) is 0 Å². The third kappa shape index (κ3) is 4.40. The molecule has 0 unspecified atom stereocenters. The maximum Gasteiger partial charge on any atom is 0.211 e. The highest BCUT2D eigenvalue weighted by atomic mass is 32.2. The lowest BCUT2D eigenvalue weighted by Gasteiger charge is -2.22. The minimum atomic E-state index is -3.15. The van der Waals surface area contributed by atoms with E-state index >= 15 is 0 Å². The van der Waals surface area contributed by atoms with Crippen molar-refractivity contribution in [2.75, 3.05) is 25.4 Å². The molecule has 2 heterocycles. The van der Waals surface area contributed by atoms with E-state index in [1.54, 1.807) is 12.5 Å². The zero-order chi connectivity index (χ0) is 12.8. The van der Waals surface area contributed by atoms with Crippen LogP contribution in [0.2, 0.25) is 0 Å². The van der Waals surface area contributed by atoms with Crippen LogP contribution < -0.4 is 10.0 Å². The lowest BCUT2D eigenvalue weighted by molar-refractivity contribution is 0.400. The molecule has 1 aromatic heterocycles. The first kappa shape index (κ1) is 13.5. The number of hydrogen-bond donors (Lipinski definition) is 2. The summed E-state index contributed by atoms with van der Waals surface area (Å²) in [6, 6.07) is 0. The van der Waals surface area contributed by atoms with Gasteiger partial charge in [-0.3, -0.25) is 0 Å². The smallest absolute Gasteiger partial charge is 0.211 e. The summed E-state index contributed by atoms with van der Waals surface area (Å²) in [6.07, 6.45) is 7.08. The van der Waals surface area contributed by atoms with Crippen LogP contribution in [0.5, 0.6) is 0 Å². The molecule has 1 aromatic rings. The molecule has 102 valence electrons.